The van der Waals surface area contributed by atoms with Gasteiger partial charge < -0.3 is 30.0 Å². The van der Waals surface area contributed by atoms with Crippen LogP contribution in [0, 0.1) is 23.7 Å². The van der Waals surface area contributed by atoms with Crippen molar-refractivity contribution in [3.8, 4) is 0 Å². The molecule has 9 atom stereocenters. The van der Waals surface area contributed by atoms with Crippen LogP contribution < -0.4 is 10.6 Å². The lowest BCUT2D eigenvalue weighted by molar-refractivity contribution is -0.576. The van der Waals surface area contributed by atoms with Crippen molar-refractivity contribution in [2.75, 3.05) is 6.54 Å². The SMILES string of the molecule is CC(NC(=O)CCCNC(=O)CCC(=O)OC1OC2OC3(C)CCC4C(C)CCC(C1C)C24OO3)C(=O)O. The molecule has 5 rings (SSSR count). The first-order chi connectivity index (χ1) is 17.9. The molecule has 2 amide bonds. The number of nitrogens with one attached hydrogen (secondary N) is 2. The maximum Gasteiger partial charge on any atom is 0.325 e. The maximum absolute atomic E-state index is 12.6. The predicted molar refractivity (Wildman–Crippen MR) is 130 cm³/mol. The van der Waals surface area contributed by atoms with Gasteiger partial charge in [-0.15, -0.1) is 0 Å². The minimum Gasteiger partial charge on any atom is -0.480 e. The van der Waals surface area contributed by atoms with E-state index in [1.807, 2.05) is 13.8 Å². The Morgan fingerprint density at radius 1 is 1.03 bits per heavy atom. The summed E-state index contributed by atoms with van der Waals surface area (Å²) in [5, 5.41) is 13.8. The molecule has 4 aliphatic heterocycles. The van der Waals surface area contributed by atoms with Gasteiger partial charge in [-0.3, -0.25) is 19.2 Å². The highest BCUT2D eigenvalue weighted by molar-refractivity contribution is 5.83. The van der Waals surface area contributed by atoms with Crippen LogP contribution >= 0.6 is 0 Å². The summed E-state index contributed by atoms with van der Waals surface area (Å²) in [5.41, 5.74) is -0.738. The zero-order valence-corrected chi connectivity index (χ0v) is 22.5. The summed E-state index contributed by atoms with van der Waals surface area (Å²) in [5.74, 6) is -2.80. The monoisotopic (exact) mass is 540 g/mol. The van der Waals surface area contributed by atoms with Crippen molar-refractivity contribution >= 4 is 23.8 Å². The second-order valence-corrected chi connectivity index (χ2v) is 11.3. The van der Waals surface area contributed by atoms with Crippen LogP contribution in [-0.4, -0.2) is 65.4 Å². The Morgan fingerprint density at radius 3 is 2.53 bits per heavy atom. The van der Waals surface area contributed by atoms with E-state index in [1.54, 1.807) is 0 Å². The Balaban J connectivity index is 1.24. The Bertz CT molecular complexity index is 930. The molecule has 9 unspecified atom stereocenters. The highest BCUT2D eigenvalue weighted by atomic mass is 17.3. The molecular formula is C26H40N2O10. The normalized spacial score (nSPS) is 38.3. The van der Waals surface area contributed by atoms with Crippen LogP contribution in [0.15, 0.2) is 0 Å². The van der Waals surface area contributed by atoms with E-state index in [9.17, 15) is 19.2 Å². The number of rotatable bonds is 10. The summed E-state index contributed by atoms with van der Waals surface area (Å²) >= 11 is 0. The second kappa shape index (κ2) is 11.4. The molecule has 0 aromatic heterocycles. The fourth-order valence-corrected chi connectivity index (χ4v) is 6.35. The third kappa shape index (κ3) is 5.83. The Kier molecular flexibility index (Phi) is 8.65. The van der Waals surface area contributed by atoms with Gasteiger partial charge in [-0.1, -0.05) is 13.8 Å². The summed E-state index contributed by atoms with van der Waals surface area (Å²) in [4.78, 5) is 59.1. The fourth-order valence-electron chi connectivity index (χ4n) is 6.35. The number of hydrogen-bond donors (Lipinski definition) is 3. The van der Waals surface area contributed by atoms with Crippen LogP contribution in [0.1, 0.15) is 79.1 Å². The lowest BCUT2D eigenvalue weighted by atomic mass is 9.58. The van der Waals surface area contributed by atoms with Crippen LogP contribution in [0.4, 0.5) is 0 Å². The maximum atomic E-state index is 12.6. The van der Waals surface area contributed by atoms with Gasteiger partial charge in [0.05, 0.1) is 6.42 Å². The van der Waals surface area contributed by atoms with Gasteiger partial charge in [-0.2, -0.15) is 0 Å². The zero-order valence-electron chi connectivity index (χ0n) is 22.5. The largest absolute Gasteiger partial charge is 0.480 e. The molecule has 5 fully saturated rings. The molecule has 4 heterocycles. The van der Waals surface area contributed by atoms with E-state index in [4.69, 9.17) is 29.1 Å². The van der Waals surface area contributed by atoms with Gasteiger partial charge in [0.2, 0.25) is 23.9 Å². The van der Waals surface area contributed by atoms with E-state index in [1.165, 1.54) is 6.92 Å². The summed E-state index contributed by atoms with van der Waals surface area (Å²) in [6.07, 6.45) is 2.22. The number of esters is 1. The van der Waals surface area contributed by atoms with Crippen molar-refractivity contribution < 1.29 is 48.3 Å². The smallest absolute Gasteiger partial charge is 0.325 e. The van der Waals surface area contributed by atoms with Crippen LogP contribution in [0.3, 0.4) is 0 Å². The molecule has 38 heavy (non-hydrogen) atoms. The van der Waals surface area contributed by atoms with E-state index in [2.05, 4.69) is 17.6 Å². The second-order valence-electron chi connectivity index (χ2n) is 11.3. The first-order valence-electron chi connectivity index (χ1n) is 13.6. The molecule has 0 aromatic carbocycles. The quantitative estimate of drug-likeness (QED) is 0.213. The minimum atomic E-state index is -1.12. The van der Waals surface area contributed by atoms with Crippen LogP contribution in [-0.2, 0) is 43.2 Å². The lowest BCUT2D eigenvalue weighted by Crippen LogP contribution is -2.70. The number of carboxylic acids is 1. The number of carbonyl (C=O) groups is 4. The highest BCUT2D eigenvalue weighted by Gasteiger charge is 2.69. The number of fused-ring (bicyclic) bond motifs is 2. The molecule has 1 saturated carbocycles. The van der Waals surface area contributed by atoms with E-state index in [0.29, 0.717) is 18.8 Å². The Labute approximate surface area is 222 Å². The van der Waals surface area contributed by atoms with Crippen LogP contribution in [0.2, 0.25) is 0 Å². The molecule has 214 valence electrons. The molecule has 1 spiro atoms. The first kappa shape index (κ1) is 28.7. The van der Waals surface area contributed by atoms with Crippen molar-refractivity contribution in [3.63, 3.8) is 0 Å². The molecule has 2 bridgehead atoms. The lowest BCUT2D eigenvalue weighted by Gasteiger charge is -2.59. The van der Waals surface area contributed by atoms with Gasteiger partial charge >= 0.3 is 11.9 Å². The number of amides is 2. The first-order valence-corrected chi connectivity index (χ1v) is 13.6. The molecule has 12 nitrogen and oxygen atoms in total. The van der Waals surface area contributed by atoms with Crippen molar-refractivity contribution in [1.82, 2.24) is 10.6 Å². The number of carboxylic acid groups (broad SMARTS) is 1. The minimum absolute atomic E-state index is 0.0295. The molecular weight excluding hydrogens is 500 g/mol. The molecule has 5 aliphatic rings. The van der Waals surface area contributed by atoms with Gasteiger partial charge in [0, 0.05) is 37.6 Å². The molecule has 12 heteroatoms. The molecule has 3 N–H and O–H groups in total. The Morgan fingerprint density at radius 2 is 1.79 bits per heavy atom. The van der Waals surface area contributed by atoms with Gasteiger partial charge in [0.1, 0.15) is 6.04 Å². The topological polar surface area (TPSA) is 159 Å². The summed E-state index contributed by atoms with van der Waals surface area (Å²) < 4.78 is 18.2. The third-order valence-corrected chi connectivity index (χ3v) is 8.55. The standard InChI is InChI=1S/C26H40N2O10/c1-14-7-8-18-15(2)23(35-24-26(18)17(14)11-12-25(4,36-24)37-38-26)34-21(31)10-9-19(29)27-13-5-6-20(30)28-16(3)22(32)33/h14-18,23-24H,5-13H2,1-4H3,(H,27,29)(H,28,30)(H,32,33). The van der Waals surface area contributed by atoms with Crippen molar-refractivity contribution in [2.24, 2.45) is 23.7 Å². The fraction of sp³-hybridized carbons (Fsp3) is 0.846. The van der Waals surface area contributed by atoms with Crippen molar-refractivity contribution in [1.29, 1.82) is 0 Å². The van der Waals surface area contributed by atoms with Gasteiger partial charge in [-0.05, 0) is 51.4 Å². The Hall–Kier alpha value is -2.28. The van der Waals surface area contributed by atoms with E-state index in [0.717, 1.165) is 19.3 Å². The number of aliphatic carboxylic acids is 1. The van der Waals surface area contributed by atoms with Gasteiger partial charge in [-0.25, -0.2) is 9.78 Å². The van der Waals surface area contributed by atoms with Gasteiger partial charge in [0.25, 0.3) is 0 Å². The van der Waals surface area contributed by atoms with E-state index < -0.39 is 47.9 Å². The average molecular weight is 541 g/mol. The zero-order chi connectivity index (χ0) is 27.7. The van der Waals surface area contributed by atoms with Gasteiger partial charge in [0.15, 0.2) is 11.9 Å². The summed E-state index contributed by atoms with van der Waals surface area (Å²) in [6.45, 7) is 7.66. The number of carbonyl (C=O) groups excluding carboxylic acids is 3. The van der Waals surface area contributed by atoms with E-state index in [-0.39, 0.29) is 49.5 Å². The van der Waals surface area contributed by atoms with E-state index >= 15 is 0 Å². The molecule has 0 aromatic rings. The van der Waals surface area contributed by atoms with Crippen molar-refractivity contribution in [2.45, 2.75) is 109 Å². The van der Waals surface area contributed by atoms with Crippen molar-refractivity contribution in [3.05, 3.63) is 0 Å². The number of ether oxygens (including phenoxy) is 3. The summed E-state index contributed by atoms with van der Waals surface area (Å²) in [7, 11) is 0. The predicted octanol–water partition coefficient (Wildman–Crippen LogP) is 2.00. The third-order valence-electron chi connectivity index (χ3n) is 8.55. The summed E-state index contributed by atoms with van der Waals surface area (Å²) in [6, 6.07) is -0.971. The highest BCUT2D eigenvalue weighted by Crippen LogP contribution is 2.60. The van der Waals surface area contributed by atoms with Crippen LogP contribution in [0.5, 0.6) is 0 Å². The van der Waals surface area contributed by atoms with Crippen LogP contribution in [0.25, 0.3) is 0 Å². The average Bonchev–Trinajstić information content (AvgIpc) is 3.09. The molecule has 0 radical (unpaired) electrons. The molecule has 4 saturated heterocycles. The molecule has 1 aliphatic carbocycles. The number of hydrogen-bond acceptors (Lipinski definition) is 9.